The number of aromatic amines is 1. The van der Waals surface area contributed by atoms with Gasteiger partial charge < -0.3 is 4.98 Å². The SMILES string of the molecule is S=c1nc(C2CCCCC2)[nH]c(C2CCCC2)c1Br. The van der Waals surface area contributed by atoms with E-state index in [0.717, 1.165) is 14.9 Å². The highest BCUT2D eigenvalue weighted by molar-refractivity contribution is 9.10. The highest BCUT2D eigenvalue weighted by atomic mass is 79.9. The molecule has 1 aromatic rings. The summed E-state index contributed by atoms with van der Waals surface area (Å²) in [5.74, 6) is 2.40. The fourth-order valence-corrected chi connectivity index (χ4v) is 4.28. The number of nitrogens with zero attached hydrogens (tertiary/aromatic N) is 1. The lowest BCUT2D eigenvalue weighted by atomic mass is 9.88. The van der Waals surface area contributed by atoms with Crippen molar-refractivity contribution in [3.63, 3.8) is 0 Å². The monoisotopic (exact) mass is 340 g/mol. The summed E-state index contributed by atoms with van der Waals surface area (Å²) in [6.45, 7) is 0. The van der Waals surface area contributed by atoms with Crippen molar-refractivity contribution >= 4 is 28.1 Å². The van der Waals surface area contributed by atoms with Gasteiger partial charge in [0.1, 0.15) is 10.5 Å². The summed E-state index contributed by atoms with van der Waals surface area (Å²) < 4.78 is 1.79. The van der Waals surface area contributed by atoms with Crippen LogP contribution in [0.25, 0.3) is 0 Å². The van der Waals surface area contributed by atoms with Crippen LogP contribution in [-0.2, 0) is 0 Å². The third-order valence-electron chi connectivity index (χ3n) is 4.66. The molecule has 0 aromatic carbocycles. The van der Waals surface area contributed by atoms with Crippen molar-refractivity contribution in [2.75, 3.05) is 0 Å². The Morgan fingerprint density at radius 2 is 1.53 bits per heavy atom. The van der Waals surface area contributed by atoms with E-state index in [4.69, 9.17) is 12.2 Å². The molecule has 19 heavy (non-hydrogen) atoms. The van der Waals surface area contributed by atoms with Crippen LogP contribution in [0.4, 0.5) is 0 Å². The molecular formula is C15H21BrN2S. The lowest BCUT2D eigenvalue weighted by Gasteiger charge is -2.23. The van der Waals surface area contributed by atoms with Gasteiger partial charge in [-0.1, -0.05) is 44.3 Å². The minimum atomic E-state index is 0.601. The Morgan fingerprint density at radius 1 is 0.947 bits per heavy atom. The second kappa shape index (κ2) is 6.04. The summed E-state index contributed by atoms with van der Waals surface area (Å²) in [6, 6.07) is 0. The van der Waals surface area contributed by atoms with Gasteiger partial charge in [0, 0.05) is 17.5 Å². The average molecular weight is 341 g/mol. The van der Waals surface area contributed by atoms with E-state index in [-0.39, 0.29) is 0 Å². The number of hydrogen-bond acceptors (Lipinski definition) is 2. The minimum Gasteiger partial charge on any atom is -0.346 e. The molecule has 2 fully saturated rings. The summed E-state index contributed by atoms with van der Waals surface area (Å²) >= 11 is 9.11. The molecular weight excluding hydrogens is 320 g/mol. The zero-order valence-electron chi connectivity index (χ0n) is 11.3. The number of H-pyrrole nitrogens is 1. The standard InChI is InChI=1S/C15H21BrN2S/c16-12-13(10-6-4-5-7-10)17-14(18-15(12)19)11-8-2-1-3-9-11/h10-11H,1-9H2,(H,17,18,19). The van der Waals surface area contributed by atoms with Crippen LogP contribution >= 0.6 is 28.1 Å². The van der Waals surface area contributed by atoms with Crippen molar-refractivity contribution in [2.45, 2.75) is 69.6 Å². The lowest BCUT2D eigenvalue weighted by molar-refractivity contribution is 0.426. The number of aromatic nitrogens is 2. The Balaban J connectivity index is 1.94. The molecule has 3 rings (SSSR count). The zero-order chi connectivity index (χ0) is 13.2. The topological polar surface area (TPSA) is 28.7 Å². The van der Waals surface area contributed by atoms with Gasteiger partial charge in [0.2, 0.25) is 0 Å². The van der Waals surface area contributed by atoms with Gasteiger partial charge >= 0.3 is 0 Å². The summed E-state index contributed by atoms with van der Waals surface area (Å²) in [4.78, 5) is 8.28. The first kappa shape index (κ1) is 13.7. The molecule has 1 N–H and O–H groups in total. The average Bonchev–Trinajstić information content (AvgIpc) is 2.96. The van der Waals surface area contributed by atoms with Crippen molar-refractivity contribution in [1.29, 1.82) is 0 Å². The molecule has 0 amide bonds. The second-order valence-electron chi connectivity index (χ2n) is 5.97. The third kappa shape index (κ3) is 2.94. The Hall–Kier alpha value is -0.220. The van der Waals surface area contributed by atoms with E-state index in [1.165, 1.54) is 63.5 Å². The summed E-state index contributed by atoms with van der Waals surface area (Å²) in [5.41, 5.74) is 1.32. The molecule has 0 spiro atoms. The molecule has 0 bridgehead atoms. The molecule has 104 valence electrons. The predicted molar refractivity (Wildman–Crippen MR) is 84.2 cm³/mol. The Labute approximate surface area is 128 Å². The van der Waals surface area contributed by atoms with Crippen LogP contribution in [-0.4, -0.2) is 9.97 Å². The van der Waals surface area contributed by atoms with Crippen LogP contribution in [0.5, 0.6) is 0 Å². The molecule has 0 saturated heterocycles. The molecule has 1 heterocycles. The van der Waals surface area contributed by atoms with E-state index >= 15 is 0 Å². The highest BCUT2D eigenvalue weighted by Gasteiger charge is 2.24. The quantitative estimate of drug-likeness (QED) is 0.709. The Bertz CT molecular complexity index is 499. The van der Waals surface area contributed by atoms with Crippen LogP contribution in [0, 0.1) is 4.64 Å². The van der Waals surface area contributed by atoms with Gasteiger partial charge in [-0.3, -0.25) is 0 Å². The fourth-order valence-electron chi connectivity index (χ4n) is 3.56. The van der Waals surface area contributed by atoms with E-state index < -0.39 is 0 Å². The smallest absolute Gasteiger partial charge is 0.144 e. The number of halogens is 1. The third-order valence-corrected chi connectivity index (χ3v) is 6.02. The van der Waals surface area contributed by atoms with Gasteiger partial charge in [-0.05, 0) is 41.6 Å². The molecule has 4 heteroatoms. The van der Waals surface area contributed by atoms with E-state index in [9.17, 15) is 0 Å². The molecule has 0 atom stereocenters. The van der Waals surface area contributed by atoms with Crippen molar-refractivity contribution in [3.8, 4) is 0 Å². The Kier molecular flexibility index (Phi) is 4.37. The molecule has 0 radical (unpaired) electrons. The van der Waals surface area contributed by atoms with Gasteiger partial charge in [-0.2, -0.15) is 0 Å². The van der Waals surface area contributed by atoms with E-state index in [1.807, 2.05) is 0 Å². The van der Waals surface area contributed by atoms with Crippen LogP contribution in [0.1, 0.15) is 81.1 Å². The maximum absolute atomic E-state index is 5.46. The van der Waals surface area contributed by atoms with Crippen LogP contribution in [0.2, 0.25) is 0 Å². The van der Waals surface area contributed by atoms with Gasteiger partial charge in [-0.15, -0.1) is 0 Å². The number of nitrogens with one attached hydrogen (secondary N) is 1. The van der Waals surface area contributed by atoms with E-state index in [0.29, 0.717) is 11.8 Å². The lowest BCUT2D eigenvalue weighted by Crippen LogP contribution is -2.12. The number of hydrogen-bond donors (Lipinski definition) is 1. The zero-order valence-corrected chi connectivity index (χ0v) is 13.7. The normalized spacial score (nSPS) is 21.9. The number of rotatable bonds is 2. The summed E-state index contributed by atoms with van der Waals surface area (Å²) in [5, 5.41) is 0. The van der Waals surface area contributed by atoms with Crippen molar-refractivity contribution in [2.24, 2.45) is 0 Å². The van der Waals surface area contributed by atoms with Crippen molar-refractivity contribution in [1.82, 2.24) is 9.97 Å². The maximum atomic E-state index is 5.46. The summed E-state index contributed by atoms with van der Waals surface area (Å²) in [7, 11) is 0. The van der Waals surface area contributed by atoms with E-state index in [1.54, 1.807) is 0 Å². The first-order chi connectivity index (χ1) is 9.25. The molecule has 2 saturated carbocycles. The van der Waals surface area contributed by atoms with Crippen molar-refractivity contribution < 1.29 is 0 Å². The predicted octanol–water partition coefficient (Wildman–Crippen LogP) is 5.61. The van der Waals surface area contributed by atoms with Crippen molar-refractivity contribution in [3.05, 3.63) is 20.6 Å². The molecule has 2 aliphatic carbocycles. The molecule has 2 aliphatic rings. The van der Waals surface area contributed by atoms with Crippen LogP contribution in [0.15, 0.2) is 4.47 Å². The first-order valence-electron chi connectivity index (χ1n) is 7.55. The van der Waals surface area contributed by atoms with Gasteiger partial charge in [-0.25, -0.2) is 4.98 Å². The molecule has 2 nitrogen and oxygen atoms in total. The highest BCUT2D eigenvalue weighted by Crippen LogP contribution is 2.38. The van der Waals surface area contributed by atoms with Gasteiger partial charge in [0.25, 0.3) is 0 Å². The molecule has 0 unspecified atom stereocenters. The second-order valence-corrected chi connectivity index (χ2v) is 7.15. The fraction of sp³-hybridized carbons (Fsp3) is 0.733. The van der Waals surface area contributed by atoms with Crippen LogP contribution in [0.3, 0.4) is 0 Å². The first-order valence-corrected chi connectivity index (χ1v) is 8.75. The van der Waals surface area contributed by atoms with Gasteiger partial charge in [0.05, 0.1) is 4.47 Å². The Morgan fingerprint density at radius 3 is 2.21 bits per heavy atom. The van der Waals surface area contributed by atoms with E-state index in [2.05, 4.69) is 25.9 Å². The minimum absolute atomic E-state index is 0.601. The molecule has 0 aliphatic heterocycles. The maximum Gasteiger partial charge on any atom is 0.144 e. The largest absolute Gasteiger partial charge is 0.346 e. The van der Waals surface area contributed by atoms with Crippen LogP contribution < -0.4 is 0 Å². The summed E-state index contributed by atoms with van der Waals surface area (Å²) in [6.07, 6.45) is 11.9. The van der Waals surface area contributed by atoms with Gasteiger partial charge in [0.15, 0.2) is 0 Å². The molecule has 1 aromatic heterocycles.